The molecule has 0 radical (unpaired) electrons. The van der Waals surface area contributed by atoms with Crippen molar-refractivity contribution in [1.82, 2.24) is 10.2 Å². The molecule has 23 heavy (non-hydrogen) atoms. The van der Waals surface area contributed by atoms with Crippen LogP contribution >= 0.6 is 12.2 Å². The van der Waals surface area contributed by atoms with E-state index in [1.807, 2.05) is 0 Å². The molecule has 0 bridgehead atoms. The van der Waals surface area contributed by atoms with Crippen LogP contribution in [0.15, 0.2) is 48.6 Å². The van der Waals surface area contributed by atoms with Gasteiger partial charge in [-0.1, -0.05) is 6.08 Å². The Kier molecular flexibility index (Phi) is 5.02. The summed E-state index contributed by atoms with van der Waals surface area (Å²) in [4.78, 5) is 37.6. The highest BCUT2D eigenvalue weighted by Crippen LogP contribution is 2.15. The standard InChI is InChI=1S/C16H14N2O4S/c1-3-8-18-15(21)12(14(20)17-16(18)23)9-13(19)10-4-6-11(22-2)7-5-10/h3-7,9H,1,8H2,2H3,(H,17,20,23). The van der Waals surface area contributed by atoms with Crippen LogP contribution in [0.3, 0.4) is 0 Å². The number of amides is 2. The number of ketones is 1. The molecule has 0 atom stereocenters. The molecule has 1 saturated heterocycles. The van der Waals surface area contributed by atoms with E-state index in [9.17, 15) is 14.4 Å². The maximum atomic E-state index is 12.3. The molecule has 7 heteroatoms. The largest absolute Gasteiger partial charge is 0.497 e. The lowest BCUT2D eigenvalue weighted by atomic mass is 10.1. The van der Waals surface area contributed by atoms with Crippen molar-refractivity contribution in [2.24, 2.45) is 0 Å². The molecule has 2 rings (SSSR count). The molecule has 1 N–H and O–H groups in total. The first-order chi connectivity index (χ1) is 11.0. The number of nitrogens with one attached hydrogen (secondary N) is 1. The van der Waals surface area contributed by atoms with Gasteiger partial charge in [-0.2, -0.15) is 0 Å². The number of thiocarbonyl (C=S) groups is 1. The van der Waals surface area contributed by atoms with E-state index in [2.05, 4.69) is 11.9 Å². The fraction of sp³-hybridized carbons (Fsp3) is 0.125. The van der Waals surface area contributed by atoms with Crippen molar-refractivity contribution in [3.05, 3.63) is 54.1 Å². The minimum atomic E-state index is -0.692. The van der Waals surface area contributed by atoms with Gasteiger partial charge >= 0.3 is 0 Å². The molecule has 118 valence electrons. The van der Waals surface area contributed by atoms with Gasteiger partial charge in [0.15, 0.2) is 10.9 Å². The van der Waals surface area contributed by atoms with Crippen LogP contribution in [-0.2, 0) is 9.59 Å². The third-order valence-electron chi connectivity index (χ3n) is 3.15. The van der Waals surface area contributed by atoms with Crippen molar-refractivity contribution in [3.63, 3.8) is 0 Å². The first kappa shape index (κ1) is 16.6. The van der Waals surface area contributed by atoms with E-state index in [-0.39, 0.29) is 17.2 Å². The summed E-state index contributed by atoms with van der Waals surface area (Å²) in [5.41, 5.74) is 0.0728. The van der Waals surface area contributed by atoms with Gasteiger partial charge in [-0.25, -0.2) is 0 Å². The average molecular weight is 330 g/mol. The predicted molar refractivity (Wildman–Crippen MR) is 88.1 cm³/mol. The van der Waals surface area contributed by atoms with Crippen LogP contribution in [0.4, 0.5) is 0 Å². The maximum Gasteiger partial charge on any atom is 0.266 e. The number of rotatable bonds is 5. The van der Waals surface area contributed by atoms with Gasteiger partial charge in [-0.15, -0.1) is 6.58 Å². The lowest BCUT2D eigenvalue weighted by Gasteiger charge is -2.27. The molecule has 0 spiro atoms. The van der Waals surface area contributed by atoms with E-state index < -0.39 is 17.6 Å². The van der Waals surface area contributed by atoms with Crippen molar-refractivity contribution >= 4 is 34.9 Å². The molecule has 1 aromatic carbocycles. The Hall–Kier alpha value is -2.80. The van der Waals surface area contributed by atoms with Crippen molar-refractivity contribution in [3.8, 4) is 5.75 Å². The molecule has 1 fully saturated rings. The zero-order chi connectivity index (χ0) is 17.0. The van der Waals surface area contributed by atoms with Gasteiger partial charge in [-0.3, -0.25) is 24.6 Å². The van der Waals surface area contributed by atoms with Crippen LogP contribution in [0.5, 0.6) is 5.75 Å². The highest BCUT2D eigenvalue weighted by atomic mass is 32.1. The predicted octanol–water partition coefficient (Wildman–Crippen LogP) is 1.23. The van der Waals surface area contributed by atoms with Gasteiger partial charge in [0.1, 0.15) is 11.3 Å². The molecule has 2 amide bonds. The van der Waals surface area contributed by atoms with Crippen molar-refractivity contribution in [1.29, 1.82) is 0 Å². The van der Waals surface area contributed by atoms with Gasteiger partial charge in [0.05, 0.1) is 7.11 Å². The Bertz CT molecular complexity index is 722. The van der Waals surface area contributed by atoms with E-state index in [0.29, 0.717) is 11.3 Å². The first-order valence-electron chi connectivity index (χ1n) is 6.66. The summed E-state index contributed by atoms with van der Waals surface area (Å²) in [6, 6.07) is 6.34. The molecule has 6 nitrogen and oxygen atoms in total. The Morgan fingerprint density at radius 3 is 2.57 bits per heavy atom. The van der Waals surface area contributed by atoms with Gasteiger partial charge in [-0.05, 0) is 36.5 Å². The topological polar surface area (TPSA) is 75.7 Å². The lowest BCUT2D eigenvalue weighted by molar-refractivity contribution is -0.128. The Morgan fingerprint density at radius 2 is 2.00 bits per heavy atom. The zero-order valence-electron chi connectivity index (χ0n) is 12.4. The highest BCUT2D eigenvalue weighted by Gasteiger charge is 2.33. The number of hydrogen-bond donors (Lipinski definition) is 1. The fourth-order valence-electron chi connectivity index (χ4n) is 1.96. The average Bonchev–Trinajstić information content (AvgIpc) is 2.55. The number of methoxy groups -OCH3 is 1. The van der Waals surface area contributed by atoms with Crippen LogP contribution in [0.1, 0.15) is 10.4 Å². The molecule has 0 saturated carbocycles. The lowest BCUT2D eigenvalue weighted by Crippen LogP contribution is -2.54. The molecule has 1 heterocycles. The van der Waals surface area contributed by atoms with Gasteiger partial charge in [0.2, 0.25) is 0 Å². The molecule has 1 aromatic rings. The van der Waals surface area contributed by atoms with Crippen molar-refractivity contribution < 1.29 is 19.1 Å². The van der Waals surface area contributed by atoms with Gasteiger partial charge in [0, 0.05) is 18.2 Å². The summed E-state index contributed by atoms with van der Waals surface area (Å²) >= 11 is 4.93. The number of carbonyl (C=O) groups is 3. The summed E-state index contributed by atoms with van der Waals surface area (Å²) < 4.78 is 5.01. The highest BCUT2D eigenvalue weighted by molar-refractivity contribution is 7.80. The Balaban J connectivity index is 2.29. The number of ether oxygens (including phenoxy) is 1. The van der Waals surface area contributed by atoms with Crippen LogP contribution < -0.4 is 10.1 Å². The third-order valence-corrected chi connectivity index (χ3v) is 3.47. The summed E-state index contributed by atoms with van der Waals surface area (Å²) in [6.45, 7) is 3.67. The van der Waals surface area contributed by atoms with Gasteiger partial charge in [0.25, 0.3) is 11.8 Å². The first-order valence-corrected chi connectivity index (χ1v) is 7.07. The fourth-order valence-corrected chi connectivity index (χ4v) is 2.21. The monoisotopic (exact) mass is 330 g/mol. The third kappa shape index (κ3) is 3.51. The molecule has 1 aliphatic rings. The van der Waals surface area contributed by atoms with Crippen LogP contribution in [-0.4, -0.2) is 41.3 Å². The molecule has 1 aliphatic heterocycles. The molecular formula is C16H14N2O4S. The van der Waals surface area contributed by atoms with E-state index in [1.165, 1.54) is 13.2 Å². The number of nitrogens with zero attached hydrogens (tertiary/aromatic N) is 1. The Morgan fingerprint density at radius 1 is 1.35 bits per heavy atom. The molecule has 0 unspecified atom stereocenters. The van der Waals surface area contributed by atoms with Crippen LogP contribution in [0.25, 0.3) is 0 Å². The quantitative estimate of drug-likeness (QED) is 0.289. The van der Waals surface area contributed by atoms with Crippen molar-refractivity contribution in [2.75, 3.05) is 13.7 Å². The van der Waals surface area contributed by atoms with E-state index >= 15 is 0 Å². The van der Waals surface area contributed by atoms with Gasteiger partial charge < -0.3 is 4.74 Å². The number of benzene rings is 1. The number of carbonyl (C=O) groups excluding carboxylic acids is 3. The number of allylic oxidation sites excluding steroid dienone is 1. The minimum Gasteiger partial charge on any atom is -0.497 e. The molecule has 0 aliphatic carbocycles. The Labute approximate surface area is 138 Å². The summed E-state index contributed by atoms with van der Waals surface area (Å²) in [5.74, 6) is -1.18. The van der Waals surface area contributed by atoms with Crippen LogP contribution in [0, 0.1) is 0 Å². The maximum absolute atomic E-state index is 12.3. The second-order valence-corrected chi connectivity index (χ2v) is 5.00. The smallest absolute Gasteiger partial charge is 0.266 e. The second kappa shape index (κ2) is 6.97. The second-order valence-electron chi connectivity index (χ2n) is 4.61. The summed E-state index contributed by atoms with van der Waals surface area (Å²) in [6.07, 6.45) is 2.49. The van der Waals surface area contributed by atoms with Crippen LogP contribution in [0.2, 0.25) is 0 Å². The van der Waals surface area contributed by atoms with E-state index in [1.54, 1.807) is 24.3 Å². The normalized spacial score (nSPS) is 16.3. The molecular weight excluding hydrogens is 316 g/mol. The van der Waals surface area contributed by atoms with Crippen molar-refractivity contribution in [2.45, 2.75) is 0 Å². The van der Waals surface area contributed by atoms with E-state index in [0.717, 1.165) is 11.0 Å². The summed E-state index contributed by atoms with van der Waals surface area (Å²) in [7, 11) is 1.51. The number of hydrogen-bond acceptors (Lipinski definition) is 5. The molecule has 0 aromatic heterocycles. The van der Waals surface area contributed by atoms with E-state index in [4.69, 9.17) is 17.0 Å². The minimum absolute atomic E-state index is 0.00561. The SMILES string of the molecule is C=CCN1C(=O)C(=CC(=O)c2ccc(OC)cc2)C(=O)NC1=S. The summed E-state index contributed by atoms with van der Waals surface area (Å²) in [5, 5.41) is 2.37. The zero-order valence-corrected chi connectivity index (χ0v) is 13.2.